The lowest BCUT2D eigenvalue weighted by Gasteiger charge is -2.40. The first-order valence-corrected chi connectivity index (χ1v) is 8.64. The Labute approximate surface area is 149 Å². The van der Waals surface area contributed by atoms with E-state index in [1.54, 1.807) is 7.11 Å². The molecular weight excluding hydrogens is 316 g/mol. The number of hydrogen-bond donors (Lipinski definition) is 1. The molecule has 0 saturated carbocycles. The molecule has 1 fully saturated rings. The summed E-state index contributed by atoms with van der Waals surface area (Å²) in [6.07, 6.45) is 0.216. The molecule has 1 atom stereocenters. The van der Waals surface area contributed by atoms with E-state index in [0.29, 0.717) is 13.2 Å². The van der Waals surface area contributed by atoms with Crippen molar-refractivity contribution in [3.8, 4) is 11.5 Å². The Kier molecular flexibility index (Phi) is 5.79. The van der Waals surface area contributed by atoms with Gasteiger partial charge < -0.3 is 24.8 Å². The molecule has 0 bridgehead atoms. The van der Waals surface area contributed by atoms with Gasteiger partial charge in [0.25, 0.3) is 0 Å². The van der Waals surface area contributed by atoms with Crippen LogP contribution in [0.2, 0.25) is 0 Å². The predicted octanol–water partition coefficient (Wildman–Crippen LogP) is 3.00. The Morgan fingerprint density at radius 2 is 1.64 bits per heavy atom. The average molecular weight is 342 g/mol. The van der Waals surface area contributed by atoms with Crippen molar-refractivity contribution in [2.24, 2.45) is 5.73 Å². The maximum atomic E-state index is 6.00. The van der Waals surface area contributed by atoms with Gasteiger partial charge in [-0.25, -0.2) is 0 Å². The molecule has 2 aromatic rings. The van der Waals surface area contributed by atoms with Crippen LogP contribution < -0.4 is 20.1 Å². The lowest BCUT2D eigenvalue weighted by Crippen LogP contribution is -2.54. The monoisotopic (exact) mass is 342 g/mol. The van der Waals surface area contributed by atoms with Crippen LogP contribution in [0, 0.1) is 0 Å². The van der Waals surface area contributed by atoms with Crippen molar-refractivity contribution in [1.29, 1.82) is 0 Å². The summed E-state index contributed by atoms with van der Waals surface area (Å²) < 4.78 is 16.5. The summed E-state index contributed by atoms with van der Waals surface area (Å²) in [4.78, 5) is 2.30. The Bertz CT molecular complexity index is 650. The molecule has 0 aromatic heterocycles. The van der Waals surface area contributed by atoms with Gasteiger partial charge >= 0.3 is 0 Å². The first kappa shape index (κ1) is 17.6. The van der Waals surface area contributed by atoms with Crippen molar-refractivity contribution in [3.63, 3.8) is 0 Å². The van der Waals surface area contributed by atoms with Gasteiger partial charge in [-0.1, -0.05) is 12.1 Å². The van der Waals surface area contributed by atoms with E-state index in [0.717, 1.165) is 30.2 Å². The summed E-state index contributed by atoms with van der Waals surface area (Å²) in [7, 11) is 1.66. The first-order chi connectivity index (χ1) is 12.2. The molecule has 2 N–H and O–H groups in total. The maximum Gasteiger partial charge on any atom is 0.133 e. The minimum Gasteiger partial charge on any atom is -0.491 e. The molecule has 5 nitrogen and oxygen atoms in total. The van der Waals surface area contributed by atoms with E-state index in [9.17, 15) is 0 Å². The van der Waals surface area contributed by atoms with Crippen molar-refractivity contribution in [2.75, 3.05) is 38.3 Å². The van der Waals surface area contributed by atoms with Crippen molar-refractivity contribution in [1.82, 2.24) is 0 Å². The van der Waals surface area contributed by atoms with Crippen LogP contribution >= 0.6 is 0 Å². The molecule has 1 heterocycles. The zero-order chi connectivity index (χ0) is 17.6. The molecule has 1 unspecified atom stereocenters. The molecule has 1 aliphatic rings. The fourth-order valence-electron chi connectivity index (χ4n) is 2.76. The van der Waals surface area contributed by atoms with Gasteiger partial charge in [0.05, 0.1) is 19.7 Å². The SMILES string of the molecule is COCCOc1ccc(OC2CN(c3ccc(C(C)N)cc3)C2)cc1. The van der Waals surface area contributed by atoms with Crippen molar-refractivity contribution >= 4 is 5.69 Å². The van der Waals surface area contributed by atoms with Crippen LogP contribution in [-0.4, -0.2) is 39.5 Å². The predicted molar refractivity (Wildman–Crippen MR) is 99.5 cm³/mol. The number of ether oxygens (including phenoxy) is 3. The fraction of sp³-hybridized carbons (Fsp3) is 0.400. The summed E-state index contributed by atoms with van der Waals surface area (Å²) in [5.41, 5.74) is 8.26. The first-order valence-electron chi connectivity index (χ1n) is 8.64. The Morgan fingerprint density at radius 1 is 1.00 bits per heavy atom. The van der Waals surface area contributed by atoms with Crippen molar-refractivity contribution < 1.29 is 14.2 Å². The summed E-state index contributed by atoms with van der Waals surface area (Å²) in [5.74, 6) is 1.70. The van der Waals surface area contributed by atoms with E-state index in [4.69, 9.17) is 19.9 Å². The van der Waals surface area contributed by atoms with Crippen molar-refractivity contribution in [2.45, 2.75) is 19.1 Å². The molecule has 0 radical (unpaired) electrons. The van der Waals surface area contributed by atoms with E-state index in [1.165, 1.54) is 5.69 Å². The molecule has 0 amide bonds. The van der Waals surface area contributed by atoms with Gasteiger partial charge in [0, 0.05) is 18.8 Å². The molecule has 2 aromatic carbocycles. The highest BCUT2D eigenvalue weighted by Crippen LogP contribution is 2.26. The minimum absolute atomic E-state index is 0.0722. The summed E-state index contributed by atoms with van der Waals surface area (Å²) in [5, 5.41) is 0. The van der Waals surface area contributed by atoms with Gasteiger partial charge in [0.2, 0.25) is 0 Å². The third kappa shape index (κ3) is 4.65. The van der Waals surface area contributed by atoms with Gasteiger partial charge in [-0.2, -0.15) is 0 Å². The fourth-order valence-corrected chi connectivity index (χ4v) is 2.76. The molecular formula is C20H26N2O3. The van der Waals surface area contributed by atoms with Gasteiger partial charge in [-0.05, 0) is 48.9 Å². The second-order valence-corrected chi connectivity index (χ2v) is 6.34. The number of methoxy groups -OCH3 is 1. The molecule has 134 valence electrons. The van der Waals surface area contributed by atoms with Crippen LogP contribution in [0.1, 0.15) is 18.5 Å². The minimum atomic E-state index is 0.0722. The summed E-state index contributed by atoms with van der Waals surface area (Å²) in [6, 6.07) is 16.3. The van der Waals surface area contributed by atoms with E-state index < -0.39 is 0 Å². The third-order valence-electron chi connectivity index (χ3n) is 4.31. The highest BCUT2D eigenvalue weighted by Gasteiger charge is 2.28. The number of hydrogen-bond acceptors (Lipinski definition) is 5. The Hall–Kier alpha value is -2.24. The molecule has 3 rings (SSSR count). The Morgan fingerprint density at radius 3 is 2.24 bits per heavy atom. The highest BCUT2D eigenvalue weighted by atomic mass is 16.5. The van der Waals surface area contributed by atoms with Crippen LogP contribution in [0.5, 0.6) is 11.5 Å². The number of benzene rings is 2. The lowest BCUT2D eigenvalue weighted by atomic mass is 10.1. The third-order valence-corrected chi connectivity index (χ3v) is 4.31. The lowest BCUT2D eigenvalue weighted by molar-refractivity contribution is 0.146. The van der Waals surface area contributed by atoms with Crippen LogP contribution in [0.25, 0.3) is 0 Å². The van der Waals surface area contributed by atoms with Crippen molar-refractivity contribution in [3.05, 3.63) is 54.1 Å². The summed E-state index contributed by atoms with van der Waals surface area (Å²) >= 11 is 0. The second kappa shape index (κ2) is 8.23. The standard InChI is InChI=1S/C20H26N2O3/c1-15(21)16-3-5-17(6-4-16)22-13-20(14-22)25-19-9-7-18(8-10-19)24-12-11-23-2/h3-10,15,20H,11-14,21H2,1-2H3. The van der Waals surface area contributed by atoms with E-state index in [2.05, 4.69) is 29.2 Å². The Balaban J connectivity index is 1.45. The van der Waals surface area contributed by atoms with E-state index in [-0.39, 0.29) is 12.1 Å². The molecule has 0 aliphatic carbocycles. The average Bonchev–Trinajstić information content (AvgIpc) is 2.59. The smallest absolute Gasteiger partial charge is 0.133 e. The largest absolute Gasteiger partial charge is 0.491 e. The quantitative estimate of drug-likeness (QED) is 0.748. The molecule has 1 aliphatic heterocycles. The zero-order valence-corrected chi connectivity index (χ0v) is 14.9. The summed E-state index contributed by atoms with van der Waals surface area (Å²) in [6.45, 7) is 4.92. The maximum absolute atomic E-state index is 6.00. The zero-order valence-electron chi connectivity index (χ0n) is 14.9. The topological polar surface area (TPSA) is 57.0 Å². The van der Waals surface area contributed by atoms with E-state index in [1.807, 2.05) is 31.2 Å². The highest BCUT2D eigenvalue weighted by molar-refractivity contribution is 5.50. The molecule has 1 saturated heterocycles. The number of nitrogens with zero attached hydrogens (tertiary/aromatic N) is 1. The van der Waals surface area contributed by atoms with Crippen LogP contribution in [0.4, 0.5) is 5.69 Å². The van der Waals surface area contributed by atoms with E-state index >= 15 is 0 Å². The molecule has 5 heteroatoms. The van der Waals surface area contributed by atoms with Gasteiger partial charge in [0.1, 0.15) is 24.2 Å². The molecule has 0 spiro atoms. The molecule has 25 heavy (non-hydrogen) atoms. The van der Waals surface area contributed by atoms with Gasteiger partial charge in [-0.3, -0.25) is 0 Å². The van der Waals surface area contributed by atoms with Gasteiger partial charge in [-0.15, -0.1) is 0 Å². The number of anilines is 1. The number of nitrogens with two attached hydrogens (primary N) is 1. The van der Waals surface area contributed by atoms with Crippen LogP contribution in [0.15, 0.2) is 48.5 Å². The number of rotatable bonds is 8. The van der Waals surface area contributed by atoms with Crippen LogP contribution in [0.3, 0.4) is 0 Å². The normalized spacial score (nSPS) is 15.6. The van der Waals surface area contributed by atoms with Crippen LogP contribution in [-0.2, 0) is 4.74 Å². The van der Waals surface area contributed by atoms with Gasteiger partial charge in [0.15, 0.2) is 0 Å². The second-order valence-electron chi connectivity index (χ2n) is 6.34.